The molecule has 0 bridgehead atoms. The Hall–Kier alpha value is -1.56. The number of rotatable bonds is 6. The van der Waals surface area contributed by atoms with E-state index >= 15 is 0 Å². The Bertz CT molecular complexity index is 532. The number of nitrogens with zero attached hydrogens (tertiary/aromatic N) is 2. The molecule has 0 aliphatic carbocycles. The third-order valence-electron chi connectivity index (χ3n) is 2.76. The molecule has 21 heavy (non-hydrogen) atoms. The molecular weight excluding hydrogens is 311 g/mol. The van der Waals surface area contributed by atoms with Crippen molar-refractivity contribution in [3.8, 4) is 5.69 Å². The van der Waals surface area contributed by atoms with E-state index in [1.165, 1.54) is 0 Å². The average molecular weight is 331 g/mol. The summed E-state index contributed by atoms with van der Waals surface area (Å²) in [6.07, 6.45) is 6.68. The van der Waals surface area contributed by atoms with Crippen LogP contribution in [0.4, 0.5) is 5.69 Å². The standard InChI is InChI=1S/C14H18N4O.2ClH/c1-15-7-3-6-14(19)17-12-4-2-5-13(10-12)18-9-8-16-11-18;;/h2,4-5,8-11,15H,3,6-7H2,1H3,(H,17,19);2*1H. The Kier molecular flexibility index (Phi) is 9.45. The van der Waals surface area contributed by atoms with E-state index in [0.717, 1.165) is 24.3 Å². The fraction of sp³-hybridized carbons (Fsp3) is 0.286. The molecule has 2 N–H and O–H groups in total. The van der Waals surface area contributed by atoms with Crippen molar-refractivity contribution in [3.05, 3.63) is 43.0 Å². The van der Waals surface area contributed by atoms with E-state index in [4.69, 9.17) is 0 Å². The van der Waals surface area contributed by atoms with Gasteiger partial charge < -0.3 is 15.2 Å². The summed E-state index contributed by atoms with van der Waals surface area (Å²) in [6, 6.07) is 7.70. The van der Waals surface area contributed by atoms with Crippen LogP contribution in [-0.2, 0) is 4.79 Å². The summed E-state index contributed by atoms with van der Waals surface area (Å²) in [4.78, 5) is 15.7. The van der Waals surface area contributed by atoms with Crippen LogP contribution in [-0.4, -0.2) is 29.1 Å². The van der Waals surface area contributed by atoms with E-state index in [-0.39, 0.29) is 30.7 Å². The van der Waals surface area contributed by atoms with Gasteiger partial charge in [0, 0.05) is 30.2 Å². The lowest BCUT2D eigenvalue weighted by Crippen LogP contribution is -2.15. The SMILES string of the molecule is CNCCCC(=O)Nc1cccc(-n2ccnc2)c1.Cl.Cl. The molecule has 1 aromatic heterocycles. The molecule has 0 saturated heterocycles. The second kappa shape index (κ2) is 10.2. The first-order valence-electron chi connectivity index (χ1n) is 6.32. The summed E-state index contributed by atoms with van der Waals surface area (Å²) in [6.45, 7) is 0.850. The van der Waals surface area contributed by atoms with Gasteiger partial charge in [-0.15, -0.1) is 24.8 Å². The summed E-state index contributed by atoms with van der Waals surface area (Å²) in [5.41, 5.74) is 1.78. The number of imidazole rings is 1. The molecule has 2 rings (SSSR count). The van der Waals surface area contributed by atoms with Crippen LogP contribution >= 0.6 is 24.8 Å². The molecule has 0 aliphatic heterocycles. The second-order valence-corrected chi connectivity index (χ2v) is 4.28. The highest BCUT2D eigenvalue weighted by atomic mass is 35.5. The second-order valence-electron chi connectivity index (χ2n) is 4.28. The first-order chi connectivity index (χ1) is 9.29. The summed E-state index contributed by atoms with van der Waals surface area (Å²) in [5, 5.41) is 5.93. The number of benzene rings is 1. The average Bonchev–Trinajstić information content (AvgIpc) is 2.93. The van der Waals surface area contributed by atoms with Gasteiger partial charge in [0.25, 0.3) is 0 Å². The van der Waals surface area contributed by atoms with Crippen molar-refractivity contribution in [3.63, 3.8) is 0 Å². The number of carbonyl (C=O) groups is 1. The van der Waals surface area contributed by atoms with Crippen LogP contribution < -0.4 is 10.6 Å². The van der Waals surface area contributed by atoms with Crippen molar-refractivity contribution in [2.75, 3.05) is 18.9 Å². The molecule has 0 spiro atoms. The molecule has 0 saturated carbocycles. The topological polar surface area (TPSA) is 59.0 Å². The summed E-state index contributed by atoms with van der Waals surface area (Å²) >= 11 is 0. The number of aromatic nitrogens is 2. The van der Waals surface area contributed by atoms with E-state index in [9.17, 15) is 4.79 Å². The first-order valence-corrected chi connectivity index (χ1v) is 6.32. The molecular formula is C14H20Cl2N4O. The van der Waals surface area contributed by atoms with Gasteiger partial charge in [-0.25, -0.2) is 4.98 Å². The van der Waals surface area contributed by atoms with Gasteiger partial charge in [0.15, 0.2) is 0 Å². The molecule has 1 heterocycles. The zero-order chi connectivity index (χ0) is 13.5. The van der Waals surface area contributed by atoms with Crippen molar-refractivity contribution < 1.29 is 4.79 Å². The van der Waals surface area contributed by atoms with Gasteiger partial charge in [-0.1, -0.05) is 6.07 Å². The molecule has 0 fully saturated rings. The number of carbonyl (C=O) groups excluding carboxylic acids is 1. The number of halogens is 2. The fourth-order valence-corrected chi connectivity index (χ4v) is 1.81. The normalized spacial score (nSPS) is 9.38. The number of hydrogen-bond donors (Lipinski definition) is 2. The lowest BCUT2D eigenvalue weighted by Gasteiger charge is -2.08. The van der Waals surface area contributed by atoms with Crippen molar-refractivity contribution in [1.82, 2.24) is 14.9 Å². The minimum Gasteiger partial charge on any atom is -0.326 e. The maximum Gasteiger partial charge on any atom is 0.224 e. The van der Waals surface area contributed by atoms with Crippen LogP contribution in [0.15, 0.2) is 43.0 Å². The summed E-state index contributed by atoms with van der Waals surface area (Å²) in [5.74, 6) is 0.0398. The van der Waals surface area contributed by atoms with Crippen molar-refractivity contribution in [2.45, 2.75) is 12.8 Å². The Morgan fingerprint density at radius 2 is 2.14 bits per heavy atom. The highest BCUT2D eigenvalue weighted by Gasteiger charge is 2.03. The summed E-state index contributed by atoms with van der Waals surface area (Å²) < 4.78 is 1.90. The van der Waals surface area contributed by atoms with Gasteiger partial charge in [0.05, 0.1) is 6.33 Å². The molecule has 2 aromatic rings. The molecule has 1 amide bonds. The molecule has 0 atom stereocenters. The lowest BCUT2D eigenvalue weighted by molar-refractivity contribution is -0.116. The Balaban J connectivity index is 0.00000200. The van der Waals surface area contributed by atoms with E-state index < -0.39 is 0 Å². The quantitative estimate of drug-likeness (QED) is 0.800. The van der Waals surface area contributed by atoms with Crippen LogP contribution in [0.1, 0.15) is 12.8 Å². The minimum atomic E-state index is 0. The maximum absolute atomic E-state index is 11.7. The van der Waals surface area contributed by atoms with Crippen LogP contribution in [0.5, 0.6) is 0 Å². The van der Waals surface area contributed by atoms with E-state index in [1.807, 2.05) is 42.1 Å². The molecule has 0 aliphatic rings. The molecule has 5 nitrogen and oxygen atoms in total. The molecule has 116 valence electrons. The van der Waals surface area contributed by atoms with Crippen LogP contribution in [0.25, 0.3) is 5.69 Å². The number of anilines is 1. The first kappa shape index (κ1) is 19.4. The van der Waals surface area contributed by atoms with E-state index in [2.05, 4.69) is 15.6 Å². The molecule has 0 unspecified atom stereocenters. The molecule has 0 radical (unpaired) electrons. The number of amides is 1. The third kappa shape index (κ3) is 6.16. The maximum atomic E-state index is 11.7. The van der Waals surface area contributed by atoms with Crippen molar-refractivity contribution in [2.24, 2.45) is 0 Å². The van der Waals surface area contributed by atoms with Gasteiger partial charge in [-0.2, -0.15) is 0 Å². The Morgan fingerprint density at radius 3 is 2.81 bits per heavy atom. The molecule has 7 heteroatoms. The zero-order valence-corrected chi connectivity index (χ0v) is 13.4. The van der Waals surface area contributed by atoms with E-state index in [1.54, 1.807) is 12.5 Å². The van der Waals surface area contributed by atoms with Crippen LogP contribution in [0, 0.1) is 0 Å². The highest BCUT2D eigenvalue weighted by molar-refractivity contribution is 5.90. The van der Waals surface area contributed by atoms with E-state index in [0.29, 0.717) is 6.42 Å². The number of nitrogens with one attached hydrogen (secondary N) is 2. The minimum absolute atomic E-state index is 0. The zero-order valence-electron chi connectivity index (χ0n) is 11.8. The van der Waals surface area contributed by atoms with Gasteiger partial charge in [0.1, 0.15) is 0 Å². The van der Waals surface area contributed by atoms with Gasteiger partial charge in [-0.3, -0.25) is 4.79 Å². The van der Waals surface area contributed by atoms with Gasteiger partial charge >= 0.3 is 0 Å². The number of hydrogen-bond acceptors (Lipinski definition) is 3. The van der Waals surface area contributed by atoms with Gasteiger partial charge in [-0.05, 0) is 38.2 Å². The lowest BCUT2D eigenvalue weighted by atomic mass is 10.2. The monoisotopic (exact) mass is 330 g/mol. The van der Waals surface area contributed by atoms with Crippen LogP contribution in [0.2, 0.25) is 0 Å². The van der Waals surface area contributed by atoms with Crippen LogP contribution in [0.3, 0.4) is 0 Å². The van der Waals surface area contributed by atoms with Gasteiger partial charge in [0.2, 0.25) is 5.91 Å². The smallest absolute Gasteiger partial charge is 0.224 e. The Morgan fingerprint density at radius 1 is 1.33 bits per heavy atom. The summed E-state index contributed by atoms with van der Waals surface area (Å²) in [7, 11) is 1.88. The largest absolute Gasteiger partial charge is 0.326 e. The van der Waals surface area contributed by atoms with Crippen molar-refractivity contribution in [1.29, 1.82) is 0 Å². The predicted molar refractivity (Wildman–Crippen MR) is 89.9 cm³/mol. The highest BCUT2D eigenvalue weighted by Crippen LogP contribution is 2.14. The van der Waals surface area contributed by atoms with Crippen molar-refractivity contribution >= 4 is 36.4 Å². The fourth-order valence-electron chi connectivity index (χ4n) is 1.81. The third-order valence-corrected chi connectivity index (χ3v) is 2.76. The predicted octanol–water partition coefficient (Wildman–Crippen LogP) is 2.65. The molecule has 1 aromatic carbocycles. The Labute approximate surface area is 137 Å².